The molecule has 0 aliphatic heterocycles. The van der Waals surface area contributed by atoms with E-state index in [1.54, 1.807) is 35.2 Å². The van der Waals surface area contributed by atoms with Gasteiger partial charge in [-0.3, -0.25) is 4.79 Å². The Bertz CT molecular complexity index is 915. The first kappa shape index (κ1) is 14.9. The topological polar surface area (TPSA) is 36.1 Å². The Morgan fingerprint density at radius 1 is 1.12 bits per heavy atom. The zero-order valence-electron chi connectivity index (χ0n) is 12.9. The van der Waals surface area contributed by atoms with Crippen molar-refractivity contribution in [2.45, 2.75) is 25.4 Å². The van der Waals surface area contributed by atoms with E-state index in [2.05, 4.69) is 4.98 Å². The maximum Gasteiger partial charge on any atom is 0.270 e. The van der Waals surface area contributed by atoms with Gasteiger partial charge in [-0.25, -0.2) is 8.78 Å². The van der Waals surface area contributed by atoms with E-state index in [9.17, 15) is 13.6 Å². The molecule has 1 heterocycles. The van der Waals surface area contributed by atoms with Gasteiger partial charge in [-0.05, 0) is 48.7 Å². The molecule has 0 radical (unpaired) electrons. The van der Waals surface area contributed by atoms with Crippen LogP contribution in [0.15, 0.2) is 48.5 Å². The van der Waals surface area contributed by atoms with E-state index in [4.69, 9.17) is 0 Å². The zero-order chi connectivity index (χ0) is 16.7. The first-order chi connectivity index (χ1) is 11.6. The van der Waals surface area contributed by atoms with Crippen LogP contribution in [0, 0.1) is 11.6 Å². The fraction of sp³-hybridized carbons (Fsp3) is 0.211. The molecule has 0 atom stereocenters. The number of fused-ring (bicyclic) bond motifs is 1. The molecule has 4 rings (SSSR count). The van der Waals surface area contributed by atoms with Gasteiger partial charge in [0.25, 0.3) is 5.91 Å². The largest absolute Gasteiger partial charge is 0.350 e. The average molecular weight is 326 g/mol. The summed E-state index contributed by atoms with van der Waals surface area (Å²) in [6.45, 7) is 0.346. The lowest BCUT2D eigenvalue weighted by atomic mass is 10.2. The van der Waals surface area contributed by atoms with Crippen molar-refractivity contribution in [3.63, 3.8) is 0 Å². The van der Waals surface area contributed by atoms with Crippen molar-refractivity contribution < 1.29 is 13.6 Å². The van der Waals surface area contributed by atoms with Crippen molar-refractivity contribution in [1.82, 2.24) is 9.88 Å². The molecule has 1 aromatic heterocycles. The highest BCUT2D eigenvalue weighted by Crippen LogP contribution is 2.30. The van der Waals surface area contributed by atoms with Gasteiger partial charge in [0.05, 0.1) is 0 Å². The van der Waals surface area contributed by atoms with Crippen LogP contribution in [-0.4, -0.2) is 21.8 Å². The van der Waals surface area contributed by atoms with Crippen LogP contribution < -0.4 is 0 Å². The zero-order valence-corrected chi connectivity index (χ0v) is 12.9. The van der Waals surface area contributed by atoms with Gasteiger partial charge < -0.3 is 9.88 Å². The van der Waals surface area contributed by atoms with E-state index in [0.29, 0.717) is 23.1 Å². The molecule has 3 aromatic rings. The van der Waals surface area contributed by atoms with Crippen molar-refractivity contribution >= 4 is 16.8 Å². The number of carbonyl (C=O) groups is 1. The van der Waals surface area contributed by atoms with Crippen LogP contribution in [0.5, 0.6) is 0 Å². The molecule has 1 aliphatic rings. The van der Waals surface area contributed by atoms with E-state index in [0.717, 1.165) is 18.4 Å². The fourth-order valence-electron chi connectivity index (χ4n) is 2.97. The molecule has 1 N–H and O–H groups in total. The molecule has 1 fully saturated rings. The Hall–Kier alpha value is -2.69. The number of aromatic amines is 1. The predicted octanol–water partition coefficient (Wildman–Crippen LogP) is 4.25. The average Bonchev–Trinajstić information content (AvgIpc) is 3.30. The molecule has 24 heavy (non-hydrogen) atoms. The number of rotatable bonds is 4. The van der Waals surface area contributed by atoms with Crippen LogP contribution in [0.25, 0.3) is 10.9 Å². The van der Waals surface area contributed by atoms with Gasteiger partial charge in [-0.1, -0.05) is 18.2 Å². The highest BCUT2D eigenvalue weighted by Gasteiger charge is 2.33. The summed E-state index contributed by atoms with van der Waals surface area (Å²) in [5, 5.41) is 0.405. The lowest BCUT2D eigenvalue weighted by Crippen LogP contribution is -2.32. The van der Waals surface area contributed by atoms with Crippen molar-refractivity contribution in [2.75, 3.05) is 0 Å². The highest BCUT2D eigenvalue weighted by molar-refractivity contribution is 5.98. The molecule has 0 saturated heterocycles. The molecule has 1 saturated carbocycles. The van der Waals surface area contributed by atoms with Gasteiger partial charge in [0, 0.05) is 23.5 Å². The number of hydrogen-bond donors (Lipinski definition) is 1. The summed E-state index contributed by atoms with van der Waals surface area (Å²) in [5.41, 5.74) is 1.70. The number of H-pyrrole nitrogens is 1. The number of aromatic nitrogens is 1. The number of carbonyl (C=O) groups excluding carboxylic acids is 1. The number of amides is 1. The van der Waals surface area contributed by atoms with Crippen molar-refractivity contribution in [3.05, 3.63) is 71.4 Å². The molecule has 0 spiro atoms. The summed E-state index contributed by atoms with van der Waals surface area (Å²) in [6.07, 6.45) is 1.88. The number of halogens is 2. The summed E-state index contributed by atoms with van der Waals surface area (Å²) < 4.78 is 27.2. The molecule has 2 aromatic carbocycles. The van der Waals surface area contributed by atoms with E-state index in [1.807, 2.05) is 0 Å². The number of benzene rings is 2. The SMILES string of the molecule is O=C(c1cc2c(F)cccc2[nH]1)N(Cc1cccc(F)c1)C1CC1. The first-order valence-corrected chi connectivity index (χ1v) is 7.94. The van der Waals surface area contributed by atoms with Crippen molar-refractivity contribution in [1.29, 1.82) is 0 Å². The van der Waals surface area contributed by atoms with E-state index < -0.39 is 0 Å². The molecule has 1 amide bonds. The molecule has 0 unspecified atom stereocenters. The Morgan fingerprint density at radius 2 is 1.92 bits per heavy atom. The number of nitrogens with one attached hydrogen (secondary N) is 1. The lowest BCUT2D eigenvalue weighted by molar-refractivity contribution is 0.0724. The summed E-state index contributed by atoms with van der Waals surface area (Å²) in [7, 11) is 0. The molecule has 0 bridgehead atoms. The predicted molar refractivity (Wildman–Crippen MR) is 87.6 cm³/mol. The minimum absolute atomic E-state index is 0.164. The van der Waals surface area contributed by atoms with Crippen molar-refractivity contribution in [3.8, 4) is 0 Å². The smallest absolute Gasteiger partial charge is 0.270 e. The van der Waals surface area contributed by atoms with Crippen LogP contribution in [0.2, 0.25) is 0 Å². The summed E-state index contributed by atoms with van der Waals surface area (Å²) in [4.78, 5) is 17.6. The van der Waals surface area contributed by atoms with Crippen LogP contribution >= 0.6 is 0 Å². The lowest BCUT2D eigenvalue weighted by Gasteiger charge is -2.22. The summed E-state index contributed by atoms with van der Waals surface area (Å²) in [5.74, 6) is -0.855. The molecular formula is C19H16F2N2O. The highest BCUT2D eigenvalue weighted by atomic mass is 19.1. The first-order valence-electron chi connectivity index (χ1n) is 7.94. The number of hydrogen-bond acceptors (Lipinski definition) is 1. The molecule has 122 valence electrons. The fourth-order valence-corrected chi connectivity index (χ4v) is 2.97. The second kappa shape index (κ2) is 5.74. The van der Waals surface area contributed by atoms with Crippen LogP contribution in [0.3, 0.4) is 0 Å². The minimum atomic E-state index is -0.356. The van der Waals surface area contributed by atoms with Gasteiger partial charge >= 0.3 is 0 Å². The van der Waals surface area contributed by atoms with E-state index in [1.165, 1.54) is 18.2 Å². The third-order valence-corrected chi connectivity index (χ3v) is 4.33. The normalized spacial score (nSPS) is 14.1. The Labute approximate surface area is 137 Å². The van der Waals surface area contributed by atoms with Crippen LogP contribution in [-0.2, 0) is 6.54 Å². The summed E-state index contributed by atoms with van der Waals surface area (Å²) in [6, 6.07) is 12.7. The summed E-state index contributed by atoms with van der Waals surface area (Å²) >= 11 is 0. The van der Waals surface area contributed by atoms with Crippen LogP contribution in [0.1, 0.15) is 28.9 Å². The Balaban J connectivity index is 1.65. The maximum atomic E-state index is 13.8. The van der Waals surface area contributed by atoms with Gasteiger partial charge in [0.2, 0.25) is 0 Å². The number of nitrogens with zero attached hydrogens (tertiary/aromatic N) is 1. The minimum Gasteiger partial charge on any atom is -0.350 e. The molecule has 3 nitrogen and oxygen atoms in total. The van der Waals surface area contributed by atoms with Crippen LogP contribution in [0.4, 0.5) is 8.78 Å². The van der Waals surface area contributed by atoms with E-state index >= 15 is 0 Å². The Kier molecular flexibility index (Phi) is 3.56. The molecule has 5 heteroatoms. The van der Waals surface area contributed by atoms with Crippen molar-refractivity contribution in [2.24, 2.45) is 0 Å². The standard InChI is InChI=1S/C19H16F2N2O/c20-13-4-1-3-12(9-13)11-23(14-7-8-14)19(24)18-10-15-16(21)5-2-6-17(15)22-18/h1-6,9-10,14,22H,7-8,11H2. The van der Waals surface area contributed by atoms with E-state index in [-0.39, 0.29) is 23.6 Å². The van der Waals surface area contributed by atoms with Gasteiger partial charge in [0.15, 0.2) is 0 Å². The van der Waals surface area contributed by atoms with Gasteiger partial charge in [-0.2, -0.15) is 0 Å². The van der Waals surface area contributed by atoms with Gasteiger partial charge in [-0.15, -0.1) is 0 Å². The third kappa shape index (κ3) is 2.77. The second-order valence-corrected chi connectivity index (χ2v) is 6.18. The third-order valence-electron chi connectivity index (χ3n) is 4.33. The van der Waals surface area contributed by atoms with Gasteiger partial charge in [0.1, 0.15) is 17.3 Å². The second-order valence-electron chi connectivity index (χ2n) is 6.18. The maximum absolute atomic E-state index is 13.8. The molecule has 1 aliphatic carbocycles. The monoisotopic (exact) mass is 326 g/mol. The molecular weight excluding hydrogens is 310 g/mol. The quantitative estimate of drug-likeness (QED) is 0.764. The Morgan fingerprint density at radius 3 is 2.62 bits per heavy atom.